The second kappa shape index (κ2) is 6.28. The number of anilines is 1. The van der Waals surface area contributed by atoms with Crippen LogP contribution in [0.5, 0.6) is 0 Å². The Labute approximate surface area is 116 Å². The quantitative estimate of drug-likeness (QED) is 0.923. The van der Waals surface area contributed by atoms with Crippen LogP contribution in [0.4, 0.5) is 14.5 Å². The Morgan fingerprint density at radius 1 is 1.30 bits per heavy atom. The number of halogens is 2. The van der Waals surface area contributed by atoms with Crippen molar-refractivity contribution >= 4 is 11.6 Å². The van der Waals surface area contributed by atoms with Gasteiger partial charge in [-0.15, -0.1) is 0 Å². The molecule has 1 aromatic rings. The number of para-hydroxylation sites is 1. The van der Waals surface area contributed by atoms with Crippen molar-refractivity contribution in [2.24, 2.45) is 0 Å². The molecule has 0 bridgehead atoms. The average Bonchev–Trinajstić information content (AvgIpc) is 2.32. The SMILES string of the molecule is C[C@@H]1CN(CC(=O)Nc2c(F)cccc2F)C[C@H](C)O1. The minimum atomic E-state index is -0.776. The van der Waals surface area contributed by atoms with Crippen molar-refractivity contribution in [3.63, 3.8) is 0 Å². The fraction of sp³-hybridized carbons (Fsp3) is 0.500. The van der Waals surface area contributed by atoms with E-state index in [1.807, 2.05) is 18.7 Å². The van der Waals surface area contributed by atoms with E-state index < -0.39 is 23.2 Å². The molecule has 0 aliphatic carbocycles. The molecule has 0 radical (unpaired) electrons. The molecule has 1 aromatic carbocycles. The van der Waals surface area contributed by atoms with Crippen LogP contribution in [0.1, 0.15) is 13.8 Å². The van der Waals surface area contributed by atoms with Crippen molar-refractivity contribution in [2.45, 2.75) is 26.1 Å². The van der Waals surface area contributed by atoms with E-state index >= 15 is 0 Å². The summed E-state index contributed by atoms with van der Waals surface area (Å²) in [5.74, 6) is -1.99. The highest BCUT2D eigenvalue weighted by atomic mass is 19.1. The van der Waals surface area contributed by atoms with Crippen molar-refractivity contribution in [3.05, 3.63) is 29.8 Å². The fourth-order valence-electron chi connectivity index (χ4n) is 2.41. The Balaban J connectivity index is 1.95. The smallest absolute Gasteiger partial charge is 0.238 e. The molecule has 1 fully saturated rings. The molecule has 1 saturated heterocycles. The summed E-state index contributed by atoms with van der Waals surface area (Å²) >= 11 is 0. The number of hydrogen-bond donors (Lipinski definition) is 1. The minimum Gasteiger partial charge on any atom is -0.373 e. The van der Waals surface area contributed by atoms with Crippen molar-refractivity contribution in [1.29, 1.82) is 0 Å². The lowest BCUT2D eigenvalue weighted by Crippen LogP contribution is -2.48. The lowest BCUT2D eigenvalue weighted by Gasteiger charge is -2.34. The van der Waals surface area contributed by atoms with E-state index in [1.165, 1.54) is 6.07 Å². The highest BCUT2D eigenvalue weighted by Gasteiger charge is 2.24. The number of nitrogens with one attached hydrogen (secondary N) is 1. The Morgan fingerprint density at radius 3 is 2.40 bits per heavy atom. The zero-order valence-corrected chi connectivity index (χ0v) is 11.5. The first-order valence-electron chi connectivity index (χ1n) is 6.57. The van der Waals surface area contributed by atoms with Gasteiger partial charge in [0.1, 0.15) is 17.3 Å². The summed E-state index contributed by atoms with van der Waals surface area (Å²) in [7, 11) is 0. The van der Waals surface area contributed by atoms with Gasteiger partial charge in [0, 0.05) is 13.1 Å². The molecule has 0 unspecified atom stereocenters. The number of amides is 1. The number of morpholine rings is 1. The predicted molar refractivity (Wildman–Crippen MR) is 71.4 cm³/mol. The first kappa shape index (κ1) is 14.9. The molecule has 2 atom stereocenters. The van der Waals surface area contributed by atoms with Gasteiger partial charge in [-0.3, -0.25) is 9.69 Å². The van der Waals surface area contributed by atoms with Gasteiger partial charge in [0.2, 0.25) is 5.91 Å². The van der Waals surface area contributed by atoms with Crippen LogP contribution < -0.4 is 5.32 Å². The monoisotopic (exact) mass is 284 g/mol. The number of ether oxygens (including phenoxy) is 1. The molecule has 6 heteroatoms. The first-order valence-corrected chi connectivity index (χ1v) is 6.57. The molecule has 0 saturated carbocycles. The fourth-order valence-corrected chi connectivity index (χ4v) is 2.41. The second-order valence-corrected chi connectivity index (χ2v) is 5.10. The van der Waals surface area contributed by atoms with Gasteiger partial charge in [-0.25, -0.2) is 8.78 Å². The molecule has 1 aliphatic rings. The number of benzene rings is 1. The standard InChI is InChI=1S/C14H18F2N2O2/c1-9-6-18(7-10(2)20-9)8-13(19)17-14-11(15)4-3-5-12(14)16/h3-5,9-10H,6-8H2,1-2H3,(H,17,19)/t9-,10+. The van der Waals surface area contributed by atoms with Crippen LogP contribution in [0.15, 0.2) is 18.2 Å². The Morgan fingerprint density at radius 2 is 1.85 bits per heavy atom. The summed E-state index contributed by atoms with van der Waals surface area (Å²) in [5, 5.41) is 2.28. The molecule has 0 aromatic heterocycles. The largest absolute Gasteiger partial charge is 0.373 e. The molecule has 1 aliphatic heterocycles. The van der Waals surface area contributed by atoms with Crippen molar-refractivity contribution < 1.29 is 18.3 Å². The van der Waals surface area contributed by atoms with E-state index in [2.05, 4.69) is 5.32 Å². The van der Waals surface area contributed by atoms with Crippen LogP contribution >= 0.6 is 0 Å². The summed E-state index contributed by atoms with van der Waals surface area (Å²) in [5.41, 5.74) is -0.396. The summed E-state index contributed by atoms with van der Waals surface area (Å²) in [6, 6.07) is 3.47. The van der Waals surface area contributed by atoms with Gasteiger partial charge in [0.25, 0.3) is 0 Å². The first-order chi connectivity index (χ1) is 9.45. The minimum absolute atomic E-state index is 0.0387. The van der Waals surface area contributed by atoms with Gasteiger partial charge in [0.15, 0.2) is 0 Å². The number of rotatable bonds is 3. The molecule has 1 N–H and O–H groups in total. The van der Waals surface area contributed by atoms with Gasteiger partial charge in [-0.05, 0) is 26.0 Å². The van der Waals surface area contributed by atoms with Crippen molar-refractivity contribution in [1.82, 2.24) is 4.90 Å². The number of carbonyl (C=O) groups is 1. The Bertz CT molecular complexity index is 466. The molecule has 2 rings (SSSR count). The van der Waals surface area contributed by atoms with E-state index in [0.717, 1.165) is 12.1 Å². The normalized spacial score (nSPS) is 23.6. The highest BCUT2D eigenvalue weighted by molar-refractivity contribution is 5.92. The molecule has 4 nitrogen and oxygen atoms in total. The number of hydrogen-bond acceptors (Lipinski definition) is 3. The lowest BCUT2D eigenvalue weighted by molar-refractivity contribution is -0.121. The van der Waals surface area contributed by atoms with E-state index in [-0.39, 0.29) is 18.8 Å². The highest BCUT2D eigenvalue weighted by Crippen LogP contribution is 2.18. The topological polar surface area (TPSA) is 41.6 Å². The van der Waals surface area contributed by atoms with Crippen LogP contribution in [-0.2, 0) is 9.53 Å². The third-order valence-corrected chi connectivity index (χ3v) is 3.09. The third kappa shape index (κ3) is 3.74. The van der Waals surface area contributed by atoms with Crippen LogP contribution in [0, 0.1) is 11.6 Å². The molecule has 1 heterocycles. The Kier molecular flexibility index (Phi) is 4.67. The van der Waals surface area contributed by atoms with Gasteiger partial charge >= 0.3 is 0 Å². The predicted octanol–water partition coefficient (Wildman–Crippen LogP) is 2.01. The van der Waals surface area contributed by atoms with E-state index in [9.17, 15) is 13.6 Å². The molecule has 0 spiro atoms. The molecule has 110 valence electrons. The number of carbonyl (C=O) groups excluding carboxylic acids is 1. The second-order valence-electron chi connectivity index (χ2n) is 5.10. The van der Waals surface area contributed by atoms with Gasteiger partial charge in [-0.1, -0.05) is 6.07 Å². The third-order valence-electron chi connectivity index (χ3n) is 3.09. The zero-order valence-electron chi connectivity index (χ0n) is 11.5. The molecule has 20 heavy (non-hydrogen) atoms. The van der Waals surface area contributed by atoms with Crippen molar-refractivity contribution in [3.8, 4) is 0 Å². The van der Waals surface area contributed by atoms with Crippen LogP contribution in [-0.4, -0.2) is 42.6 Å². The van der Waals surface area contributed by atoms with Gasteiger partial charge in [0.05, 0.1) is 18.8 Å². The average molecular weight is 284 g/mol. The van der Waals surface area contributed by atoms with E-state index in [0.29, 0.717) is 13.1 Å². The molecular weight excluding hydrogens is 266 g/mol. The van der Waals surface area contributed by atoms with Gasteiger partial charge in [-0.2, -0.15) is 0 Å². The molecule has 1 amide bonds. The maximum atomic E-state index is 13.4. The Hall–Kier alpha value is -1.53. The summed E-state index contributed by atoms with van der Waals surface area (Å²) in [4.78, 5) is 13.8. The van der Waals surface area contributed by atoms with Crippen LogP contribution in [0.25, 0.3) is 0 Å². The molecular formula is C14H18F2N2O2. The van der Waals surface area contributed by atoms with Crippen molar-refractivity contribution in [2.75, 3.05) is 25.0 Å². The van der Waals surface area contributed by atoms with Gasteiger partial charge < -0.3 is 10.1 Å². The maximum Gasteiger partial charge on any atom is 0.238 e. The lowest BCUT2D eigenvalue weighted by atomic mass is 10.2. The summed E-state index contributed by atoms with van der Waals surface area (Å²) in [6.07, 6.45) is 0.0773. The summed E-state index contributed by atoms with van der Waals surface area (Å²) in [6.45, 7) is 5.19. The van der Waals surface area contributed by atoms with E-state index in [1.54, 1.807) is 0 Å². The summed E-state index contributed by atoms with van der Waals surface area (Å²) < 4.78 is 32.4. The maximum absolute atomic E-state index is 13.4. The zero-order chi connectivity index (χ0) is 14.7. The van der Waals surface area contributed by atoms with Crippen LogP contribution in [0.3, 0.4) is 0 Å². The van der Waals surface area contributed by atoms with Crippen LogP contribution in [0.2, 0.25) is 0 Å². The number of nitrogens with zero attached hydrogens (tertiary/aromatic N) is 1. The van der Waals surface area contributed by atoms with E-state index in [4.69, 9.17) is 4.74 Å².